The van der Waals surface area contributed by atoms with Crippen LogP contribution in [0.2, 0.25) is 0 Å². The smallest absolute Gasteiger partial charge is 0.266 e. The SMILES string of the molecule is CC(C)C(OS(=O)(=O)c1ccccc1)C(C)(C)COS(=O)(=O)c1ccccc1. The second-order valence-corrected chi connectivity index (χ2v) is 10.7. The first-order valence-corrected chi connectivity index (χ1v) is 11.7. The van der Waals surface area contributed by atoms with Gasteiger partial charge in [0.25, 0.3) is 20.2 Å². The molecule has 6 nitrogen and oxygen atoms in total. The molecular weight excluding hydrogens is 400 g/mol. The Morgan fingerprint density at radius 3 is 1.64 bits per heavy atom. The van der Waals surface area contributed by atoms with Gasteiger partial charge in [0.1, 0.15) is 0 Å². The van der Waals surface area contributed by atoms with Crippen molar-refractivity contribution in [2.75, 3.05) is 6.61 Å². The third kappa shape index (κ3) is 5.64. The Kier molecular flexibility index (Phi) is 7.03. The second kappa shape index (κ2) is 8.73. The van der Waals surface area contributed by atoms with E-state index in [1.807, 2.05) is 13.8 Å². The zero-order chi connectivity index (χ0) is 21.0. The van der Waals surface area contributed by atoms with Crippen molar-refractivity contribution >= 4 is 20.2 Å². The van der Waals surface area contributed by atoms with Gasteiger partial charge in [-0.1, -0.05) is 64.1 Å². The molecule has 8 heteroatoms. The van der Waals surface area contributed by atoms with Crippen molar-refractivity contribution in [2.45, 2.75) is 43.6 Å². The number of hydrogen-bond acceptors (Lipinski definition) is 6. The summed E-state index contributed by atoms with van der Waals surface area (Å²) in [5.41, 5.74) is -0.891. The van der Waals surface area contributed by atoms with Crippen LogP contribution in [-0.2, 0) is 28.6 Å². The number of benzene rings is 2. The standard InChI is InChI=1S/C20H26O6S2/c1-16(2)19(26-28(23,24)18-13-9-6-10-14-18)20(3,4)15-25-27(21,22)17-11-7-5-8-12-17/h5-14,16,19H,15H2,1-4H3. The van der Waals surface area contributed by atoms with E-state index in [-0.39, 0.29) is 22.3 Å². The highest BCUT2D eigenvalue weighted by atomic mass is 32.2. The molecule has 154 valence electrons. The van der Waals surface area contributed by atoms with Gasteiger partial charge in [0, 0.05) is 5.41 Å². The average molecular weight is 427 g/mol. The van der Waals surface area contributed by atoms with Crippen molar-refractivity contribution < 1.29 is 25.2 Å². The molecule has 0 heterocycles. The van der Waals surface area contributed by atoms with Crippen LogP contribution in [0.3, 0.4) is 0 Å². The molecule has 28 heavy (non-hydrogen) atoms. The monoisotopic (exact) mass is 426 g/mol. The van der Waals surface area contributed by atoms with Crippen LogP contribution in [0, 0.1) is 11.3 Å². The molecule has 0 saturated carbocycles. The molecule has 2 rings (SSSR count). The third-order valence-corrected chi connectivity index (χ3v) is 6.84. The van der Waals surface area contributed by atoms with E-state index < -0.39 is 31.8 Å². The van der Waals surface area contributed by atoms with Gasteiger partial charge in [-0.3, -0.25) is 8.37 Å². The maximum absolute atomic E-state index is 12.6. The largest absolute Gasteiger partial charge is 0.297 e. The van der Waals surface area contributed by atoms with Gasteiger partial charge in [-0.15, -0.1) is 0 Å². The van der Waals surface area contributed by atoms with Crippen LogP contribution in [0.4, 0.5) is 0 Å². The number of hydrogen-bond donors (Lipinski definition) is 0. The maximum atomic E-state index is 12.6. The lowest BCUT2D eigenvalue weighted by Gasteiger charge is -2.35. The van der Waals surface area contributed by atoms with E-state index in [4.69, 9.17) is 8.37 Å². The van der Waals surface area contributed by atoms with E-state index in [1.54, 1.807) is 50.2 Å². The molecule has 0 saturated heterocycles. The summed E-state index contributed by atoms with van der Waals surface area (Å²) in [4.78, 5) is 0.0963. The molecule has 0 aliphatic heterocycles. The summed E-state index contributed by atoms with van der Waals surface area (Å²) in [6, 6.07) is 15.7. The fourth-order valence-corrected chi connectivity index (χ4v) is 5.33. The maximum Gasteiger partial charge on any atom is 0.297 e. The minimum Gasteiger partial charge on any atom is -0.266 e. The molecule has 2 aromatic carbocycles. The topological polar surface area (TPSA) is 86.7 Å². The van der Waals surface area contributed by atoms with Gasteiger partial charge in [-0.25, -0.2) is 0 Å². The lowest BCUT2D eigenvalue weighted by Crippen LogP contribution is -2.41. The molecular formula is C20H26O6S2. The van der Waals surface area contributed by atoms with Gasteiger partial charge in [0.2, 0.25) is 0 Å². The minimum absolute atomic E-state index is 0.0460. The van der Waals surface area contributed by atoms with E-state index in [9.17, 15) is 16.8 Å². The van der Waals surface area contributed by atoms with E-state index in [0.717, 1.165) is 0 Å². The van der Waals surface area contributed by atoms with Crippen molar-refractivity contribution in [1.82, 2.24) is 0 Å². The molecule has 0 spiro atoms. The Balaban J connectivity index is 2.20. The fourth-order valence-electron chi connectivity index (χ4n) is 2.89. The molecule has 1 atom stereocenters. The van der Waals surface area contributed by atoms with Gasteiger partial charge >= 0.3 is 0 Å². The van der Waals surface area contributed by atoms with Crippen LogP contribution in [0.25, 0.3) is 0 Å². The van der Waals surface area contributed by atoms with Crippen molar-refractivity contribution in [3.63, 3.8) is 0 Å². The van der Waals surface area contributed by atoms with Crippen molar-refractivity contribution in [3.8, 4) is 0 Å². The average Bonchev–Trinajstić information content (AvgIpc) is 2.66. The van der Waals surface area contributed by atoms with Crippen LogP contribution in [0.5, 0.6) is 0 Å². The summed E-state index contributed by atoms with van der Waals surface area (Å²) in [5.74, 6) is -0.198. The van der Waals surface area contributed by atoms with Crippen molar-refractivity contribution in [1.29, 1.82) is 0 Å². The quantitative estimate of drug-likeness (QED) is 0.566. The van der Waals surface area contributed by atoms with E-state index in [2.05, 4.69) is 0 Å². The molecule has 0 aliphatic rings. The van der Waals surface area contributed by atoms with Crippen molar-refractivity contribution in [2.24, 2.45) is 11.3 Å². The van der Waals surface area contributed by atoms with Gasteiger partial charge in [-0.2, -0.15) is 16.8 Å². The predicted octanol–water partition coefficient (Wildman–Crippen LogP) is 3.85. The minimum atomic E-state index is -4.00. The van der Waals surface area contributed by atoms with Crippen LogP contribution < -0.4 is 0 Å². The highest BCUT2D eigenvalue weighted by Gasteiger charge is 2.38. The molecule has 0 fully saturated rings. The first-order chi connectivity index (χ1) is 13.0. The first kappa shape index (κ1) is 22.5. The van der Waals surface area contributed by atoms with E-state index >= 15 is 0 Å². The van der Waals surface area contributed by atoms with Gasteiger partial charge in [-0.05, 0) is 30.2 Å². The summed E-state index contributed by atoms with van der Waals surface area (Å²) in [6.45, 7) is 6.85. The Labute approximate surface area is 167 Å². The molecule has 1 unspecified atom stereocenters. The highest BCUT2D eigenvalue weighted by molar-refractivity contribution is 7.87. The lowest BCUT2D eigenvalue weighted by atomic mass is 9.82. The molecule has 0 amide bonds. The Hall–Kier alpha value is -1.74. The van der Waals surface area contributed by atoms with Gasteiger partial charge in [0.05, 0.1) is 22.5 Å². The summed E-state index contributed by atoms with van der Waals surface area (Å²) in [6.07, 6.45) is -0.788. The summed E-state index contributed by atoms with van der Waals surface area (Å²) in [5, 5.41) is 0. The molecule has 2 aromatic rings. The van der Waals surface area contributed by atoms with Crippen LogP contribution in [-0.4, -0.2) is 29.5 Å². The normalized spacial score (nSPS) is 14.2. The molecule has 0 radical (unpaired) electrons. The molecule has 0 bridgehead atoms. The third-order valence-electron chi connectivity index (χ3n) is 4.26. The fraction of sp³-hybridized carbons (Fsp3) is 0.400. The zero-order valence-corrected chi connectivity index (χ0v) is 18.0. The lowest BCUT2D eigenvalue weighted by molar-refractivity contribution is 0.0102. The predicted molar refractivity (Wildman–Crippen MR) is 107 cm³/mol. The number of rotatable bonds is 9. The van der Waals surface area contributed by atoms with E-state index in [1.165, 1.54) is 24.3 Å². The van der Waals surface area contributed by atoms with Crippen LogP contribution in [0.15, 0.2) is 70.5 Å². The second-order valence-electron chi connectivity index (χ2n) is 7.55. The Bertz CT molecular complexity index is 966. The molecule has 0 aromatic heterocycles. The van der Waals surface area contributed by atoms with Gasteiger partial charge in [0.15, 0.2) is 0 Å². The van der Waals surface area contributed by atoms with Gasteiger partial charge < -0.3 is 0 Å². The zero-order valence-electron chi connectivity index (χ0n) is 16.4. The molecule has 0 N–H and O–H groups in total. The Morgan fingerprint density at radius 1 is 0.786 bits per heavy atom. The first-order valence-electron chi connectivity index (χ1n) is 8.88. The summed E-state index contributed by atoms with van der Waals surface area (Å²) < 4.78 is 60.8. The van der Waals surface area contributed by atoms with Crippen LogP contribution >= 0.6 is 0 Å². The summed E-state index contributed by atoms with van der Waals surface area (Å²) in [7, 11) is -7.95. The summed E-state index contributed by atoms with van der Waals surface area (Å²) >= 11 is 0. The van der Waals surface area contributed by atoms with Crippen molar-refractivity contribution in [3.05, 3.63) is 60.7 Å². The highest BCUT2D eigenvalue weighted by Crippen LogP contribution is 2.33. The molecule has 0 aliphatic carbocycles. The Morgan fingerprint density at radius 2 is 1.21 bits per heavy atom. The van der Waals surface area contributed by atoms with E-state index in [0.29, 0.717) is 0 Å². The van der Waals surface area contributed by atoms with Crippen LogP contribution in [0.1, 0.15) is 27.7 Å².